The summed E-state index contributed by atoms with van der Waals surface area (Å²) in [5.41, 5.74) is 0. The number of phosphoric acid groups is 6. The van der Waals surface area contributed by atoms with Gasteiger partial charge in [-0.15, -0.1) is 0 Å². The summed E-state index contributed by atoms with van der Waals surface area (Å²) >= 11 is 0. The minimum atomic E-state index is -5.96. The van der Waals surface area contributed by atoms with Crippen LogP contribution in [0.4, 0.5) is 0 Å². The average Bonchev–Trinajstić information content (AvgIpc) is 3.16. The summed E-state index contributed by atoms with van der Waals surface area (Å²) in [5, 5.41) is 37.8. The molecule has 0 aliphatic carbocycles. The summed E-state index contributed by atoms with van der Waals surface area (Å²) < 4.78 is 94.7. The summed E-state index contributed by atoms with van der Waals surface area (Å²) in [6, 6.07) is 0. The van der Waals surface area contributed by atoms with Crippen molar-refractivity contribution in [3.63, 3.8) is 0 Å². The molecule has 264 valence electrons. The first kappa shape index (κ1) is 54.1. The van der Waals surface area contributed by atoms with Gasteiger partial charge in [0.2, 0.25) is 0 Å². The van der Waals surface area contributed by atoms with Crippen molar-refractivity contribution in [3.05, 3.63) is 0 Å². The maximum Gasteiger partial charge on any atom is 2.00 e. The van der Waals surface area contributed by atoms with Crippen LogP contribution in [0.2, 0.25) is 0 Å². The van der Waals surface area contributed by atoms with Crippen LogP contribution in [0.1, 0.15) is 0 Å². The van der Waals surface area contributed by atoms with Gasteiger partial charge in [-0.25, -0.2) is 9.13 Å². The van der Waals surface area contributed by atoms with Crippen molar-refractivity contribution < 1.29 is 133 Å². The van der Waals surface area contributed by atoms with E-state index in [4.69, 9.17) is 19.6 Å². The Morgan fingerprint density at radius 3 is 0.979 bits per heavy atom. The Morgan fingerprint density at radius 1 is 0.511 bits per heavy atom. The van der Waals surface area contributed by atoms with E-state index in [2.05, 4.69) is 36.2 Å². The van der Waals surface area contributed by atoms with Gasteiger partial charge in [0.25, 0.3) is 15.6 Å². The van der Waals surface area contributed by atoms with E-state index in [1.54, 1.807) is 0 Å². The van der Waals surface area contributed by atoms with Gasteiger partial charge in [0.15, 0.2) is 12.6 Å². The van der Waals surface area contributed by atoms with Crippen LogP contribution >= 0.6 is 46.9 Å². The summed E-state index contributed by atoms with van der Waals surface area (Å²) in [7, 11) is -33.2. The Labute approximate surface area is 309 Å². The first-order valence-electron chi connectivity index (χ1n) is 10.3. The molecular weight excluding hydrogens is 827 g/mol. The Morgan fingerprint density at radius 2 is 0.766 bits per heavy atom. The van der Waals surface area contributed by atoms with E-state index < -0.39 is 109 Å². The largest absolute Gasteiger partial charge is 2.00 e. The second-order valence-corrected chi connectivity index (χ2v) is 15.6. The summed E-state index contributed by atoms with van der Waals surface area (Å²) in [6.07, 6.45) is -15.5. The number of hydrogen-bond acceptors (Lipinski definition) is 24. The molecule has 4 unspecified atom stereocenters. The fourth-order valence-electron chi connectivity index (χ4n) is 2.76. The predicted octanol–water partition coefficient (Wildman–Crippen LogP) is -9.40. The van der Waals surface area contributed by atoms with Gasteiger partial charge in [-0.05, 0) is 0 Å². The molecule has 0 spiro atoms. The average molecular weight is 847 g/mol. The van der Waals surface area contributed by atoms with Gasteiger partial charge in [-0.2, -0.15) is 0 Å². The van der Waals surface area contributed by atoms with E-state index in [0.717, 1.165) is 0 Å². The van der Waals surface area contributed by atoms with Crippen LogP contribution in [-0.4, -0.2) is 172 Å². The molecule has 0 radical (unpaired) electrons. The normalized spacial score (nSPS) is 30.8. The van der Waals surface area contributed by atoms with E-state index in [9.17, 15) is 77.2 Å². The number of aliphatic hydroxyl groups is 4. The first-order chi connectivity index (χ1) is 19.4. The predicted molar refractivity (Wildman–Crippen MR) is 129 cm³/mol. The molecule has 0 saturated carbocycles. The molecule has 0 bridgehead atoms. The molecule has 2 heterocycles. The van der Waals surface area contributed by atoms with Crippen molar-refractivity contribution in [2.24, 2.45) is 0 Å². The van der Waals surface area contributed by atoms with Gasteiger partial charge in [0.05, 0.1) is 28.9 Å². The first-order valence-corrected chi connectivity index (χ1v) is 19.2. The SMILES string of the molecule is O=P([O-])([O-])OP(=O)([O-])OC1O[C@H](COP(=O)(O)O)[C@@H](O)[C@H]1O.O=P([O-])([O-])OP(=O)([O-])OC1O[C@H](COP(=O)(O)O)[C@@H](O)[C@H]1O.[Mg+2].[Mg+2].[Mg+2]. The van der Waals surface area contributed by atoms with Gasteiger partial charge in [0.1, 0.15) is 36.6 Å². The Kier molecular flexibility index (Phi) is 24.2. The second kappa shape index (κ2) is 21.0. The van der Waals surface area contributed by atoms with Gasteiger partial charge >= 0.3 is 84.8 Å². The fourth-order valence-corrected chi connectivity index (χ4v) is 6.57. The maximum absolute atomic E-state index is 11.1. The van der Waals surface area contributed by atoms with E-state index >= 15 is 0 Å². The molecule has 2 aliphatic heterocycles. The summed E-state index contributed by atoms with van der Waals surface area (Å²) in [5.74, 6) is 0. The molecular formula is C10H20Mg3O28P6. The van der Waals surface area contributed by atoms with Crippen molar-refractivity contribution in [1.29, 1.82) is 0 Å². The third kappa shape index (κ3) is 22.6. The number of aliphatic hydroxyl groups excluding tert-OH is 4. The van der Waals surface area contributed by atoms with Crippen molar-refractivity contribution in [1.82, 2.24) is 0 Å². The van der Waals surface area contributed by atoms with Crippen LogP contribution in [0.15, 0.2) is 0 Å². The molecule has 2 rings (SSSR count). The van der Waals surface area contributed by atoms with Crippen LogP contribution in [0.25, 0.3) is 0 Å². The molecule has 0 amide bonds. The second-order valence-electron chi connectivity index (χ2n) is 7.78. The van der Waals surface area contributed by atoms with Crippen molar-refractivity contribution in [2.45, 2.75) is 49.2 Å². The van der Waals surface area contributed by atoms with Gasteiger partial charge < -0.3 is 88.0 Å². The van der Waals surface area contributed by atoms with E-state index in [1.165, 1.54) is 0 Å². The molecule has 2 fully saturated rings. The molecule has 2 saturated heterocycles. The van der Waals surface area contributed by atoms with E-state index in [0.29, 0.717) is 0 Å². The maximum atomic E-state index is 11.1. The van der Waals surface area contributed by atoms with Crippen LogP contribution in [0.5, 0.6) is 0 Å². The van der Waals surface area contributed by atoms with E-state index in [-0.39, 0.29) is 69.2 Å². The van der Waals surface area contributed by atoms with Gasteiger partial charge in [-0.1, -0.05) is 0 Å². The minimum absolute atomic E-state index is 0. The molecule has 8 N–H and O–H groups in total. The quantitative estimate of drug-likeness (QED) is 0.0594. The van der Waals surface area contributed by atoms with Gasteiger partial charge in [-0.3, -0.25) is 35.8 Å². The van der Waals surface area contributed by atoms with Crippen molar-refractivity contribution in [3.8, 4) is 0 Å². The van der Waals surface area contributed by atoms with Crippen LogP contribution in [0.3, 0.4) is 0 Å². The molecule has 0 aromatic rings. The molecule has 10 atom stereocenters. The molecule has 0 aromatic carbocycles. The summed E-state index contributed by atoms with van der Waals surface area (Å²) in [4.78, 5) is 96.7. The minimum Gasteiger partial charge on any atom is -0.790 e. The zero-order valence-electron chi connectivity index (χ0n) is 22.6. The number of ether oxygens (including phenoxy) is 2. The van der Waals surface area contributed by atoms with Gasteiger partial charge in [0, 0.05) is 0 Å². The molecule has 47 heavy (non-hydrogen) atoms. The zero-order chi connectivity index (χ0) is 34.7. The number of rotatable bonds is 14. The monoisotopic (exact) mass is 846 g/mol. The zero-order valence-corrected chi connectivity index (χ0v) is 32.2. The summed E-state index contributed by atoms with van der Waals surface area (Å²) in [6.45, 7) is -1.90. The van der Waals surface area contributed by atoms with Crippen LogP contribution in [-0.2, 0) is 63.6 Å². The smallest absolute Gasteiger partial charge is 0.790 e. The third-order valence-corrected chi connectivity index (χ3v) is 9.42. The van der Waals surface area contributed by atoms with Crippen molar-refractivity contribution >= 4 is 116 Å². The Hall–Kier alpha value is 2.80. The molecule has 37 heteroatoms. The number of hydrogen-bond donors (Lipinski definition) is 8. The van der Waals surface area contributed by atoms with Crippen LogP contribution in [0, 0.1) is 0 Å². The Balaban J connectivity index is -0.000000774. The fraction of sp³-hybridized carbons (Fsp3) is 1.00. The number of phosphoric ester groups is 4. The topological polar surface area (TPSA) is 476 Å². The third-order valence-electron chi connectivity index (χ3n) is 4.32. The molecule has 0 aromatic heterocycles. The van der Waals surface area contributed by atoms with Crippen LogP contribution < -0.4 is 29.4 Å². The van der Waals surface area contributed by atoms with E-state index in [1.807, 2.05) is 0 Å². The Bertz CT molecular complexity index is 1150. The molecule has 2 aliphatic rings. The van der Waals surface area contributed by atoms with Crippen molar-refractivity contribution in [2.75, 3.05) is 13.2 Å². The molecule has 28 nitrogen and oxygen atoms in total. The standard InChI is InChI=1S/2C5H13O14P3.3Mg/c2*6-3-2(1-16-20(8,9)10)17-5(4(3)7)18-22(14,15)19-21(11,12)13;;;/h2*2-7H,1H2,(H,14,15)(H2,8,9,10)(H2,11,12,13);;;/q;;3*+2/p-6/t2*2-,3-,4-,5?;;;/m11.../s1.